The topological polar surface area (TPSA) is 8.17 Å². The number of hydrogen-bond acceptors (Lipinski definition) is 1. The molecule has 0 aliphatic carbocycles. The van der Waals surface area contributed by atoms with Crippen LogP contribution in [0.5, 0.6) is 0 Å². The summed E-state index contributed by atoms with van der Waals surface area (Å²) in [5, 5.41) is 2.71. The van der Waals surface area contributed by atoms with E-state index in [1.165, 1.54) is 72.0 Å². The fourth-order valence-electron chi connectivity index (χ4n) is 6.51. The van der Waals surface area contributed by atoms with Gasteiger partial charge in [0.25, 0.3) is 0 Å². The van der Waals surface area contributed by atoms with Crippen LogP contribution < -0.4 is 15.8 Å². The molecule has 2 nitrogen and oxygen atoms in total. The number of para-hydroxylation sites is 2. The van der Waals surface area contributed by atoms with E-state index < -0.39 is 0 Å². The Morgan fingerprint density at radius 1 is 0.600 bits per heavy atom. The zero-order valence-corrected chi connectivity index (χ0v) is 19.8. The number of anilines is 3. The second-order valence-corrected chi connectivity index (χ2v) is 9.97. The second kappa shape index (κ2) is 6.67. The van der Waals surface area contributed by atoms with Crippen LogP contribution in [0.1, 0.15) is 11.1 Å². The Balaban J connectivity index is 1.58. The van der Waals surface area contributed by atoms with Gasteiger partial charge in [0.15, 0.2) is 0 Å². The van der Waals surface area contributed by atoms with Gasteiger partial charge in [0.2, 0.25) is 0 Å². The lowest BCUT2D eigenvalue weighted by Gasteiger charge is -2.40. The summed E-state index contributed by atoms with van der Waals surface area (Å²) in [7, 11) is 0. The summed E-state index contributed by atoms with van der Waals surface area (Å²) in [6, 6.07) is 38.2. The highest BCUT2D eigenvalue weighted by Gasteiger charge is 2.42. The van der Waals surface area contributed by atoms with Crippen LogP contribution >= 0.6 is 0 Å². The van der Waals surface area contributed by atoms with Crippen molar-refractivity contribution in [2.45, 2.75) is 13.8 Å². The minimum Gasteiger partial charge on any atom is -0.375 e. The first-order valence-electron chi connectivity index (χ1n) is 12.3. The first-order valence-corrected chi connectivity index (χ1v) is 12.3. The fourth-order valence-corrected chi connectivity index (χ4v) is 6.51. The third kappa shape index (κ3) is 2.40. The van der Waals surface area contributed by atoms with E-state index in [0.29, 0.717) is 0 Å². The predicted molar refractivity (Wildman–Crippen MR) is 149 cm³/mol. The van der Waals surface area contributed by atoms with Crippen LogP contribution in [0.4, 0.5) is 17.1 Å². The van der Waals surface area contributed by atoms with Crippen molar-refractivity contribution >= 4 is 56.6 Å². The summed E-state index contributed by atoms with van der Waals surface area (Å²) in [6.07, 6.45) is 0. The van der Waals surface area contributed by atoms with E-state index in [-0.39, 0.29) is 6.85 Å². The van der Waals surface area contributed by atoms with Gasteiger partial charge >= 0.3 is 6.85 Å². The SMILES string of the molecule is Cc1ccc2c(c1)c1cc(C)cc3c1n2B1c2ccccc2N(c2ccccc2)c2cccc-3c21. The van der Waals surface area contributed by atoms with Gasteiger partial charge in [-0.15, -0.1) is 0 Å². The van der Waals surface area contributed by atoms with Gasteiger partial charge in [0, 0.05) is 44.4 Å². The van der Waals surface area contributed by atoms with Crippen LogP contribution in [0.3, 0.4) is 0 Å². The van der Waals surface area contributed by atoms with Crippen molar-refractivity contribution in [1.82, 2.24) is 4.48 Å². The molecule has 35 heavy (non-hydrogen) atoms. The molecule has 0 fully saturated rings. The molecule has 3 heteroatoms. The summed E-state index contributed by atoms with van der Waals surface area (Å²) >= 11 is 0. The highest BCUT2D eigenvalue weighted by Crippen LogP contribution is 2.45. The Labute approximate surface area is 205 Å². The molecule has 0 atom stereocenters. The number of fused-ring (bicyclic) bond motifs is 7. The van der Waals surface area contributed by atoms with Gasteiger partial charge in [-0.25, -0.2) is 0 Å². The van der Waals surface area contributed by atoms with E-state index in [0.717, 1.165) is 0 Å². The van der Waals surface area contributed by atoms with E-state index in [1.807, 2.05) is 0 Å². The first kappa shape index (κ1) is 19.1. The van der Waals surface area contributed by atoms with Gasteiger partial charge in [-0.2, -0.15) is 0 Å². The van der Waals surface area contributed by atoms with E-state index >= 15 is 0 Å². The highest BCUT2D eigenvalue weighted by molar-refractivity contribution is 6.90. The van der Waals surface area contributed by atoms with Gasteiger partial charge < -0.3 is 9.38 Å². The van der Waals surface area contributed by atoms with Gasteiger partial charge in [-0.3, -0.25) is 0 Å². The molecule has 8 rings (SSSR count). The van der Waals surface area contributed by atoms with Gasteiger partial charge in [-0.05, 0) is 84.4 Å². The van der Waals surface area contributed by atoms with Crippen molar-refractivity contribution in [1.29, 1.82) is 0 Å². The molecule has 164 valence electrons. The minimum absolute atomic E-state index is 0.135. The number of rotatable bonds is 1. The number of benzene rings is 5. The normalized spacial score (nSPS) is 13.3. The van der Waals surface area contributed by atoms with Crippen LogP contribution in [-0.2, 0) is 0 Å². The monoisotopic (exact) mass is 446 g/mol. The Morgan fingerprint density at radius 2 is 1.37 bits per heavy atom. The van der Waals surface area contributed by atoms with Crippen LogP contribution in [0.15, 0.2) is 103 Å². The van der Waals surface area contributed by atoms with Crippen LogP contribution in [0.25, 0.3) is 32.9 Å². The summed E-state index contributed by atoms with van der Waals surface area (Å²) in [6.45, 7) is 4.55. The van der Waals surface area contributed by atoms with Crippen molar-refractivity contribution in [3.63, 3.8) is 0 Å². The molecule has 2 aliphatic heterocycles. The Bertz CT molecular complexity index is 1830. The van der Waals surface area contributed by atoms with Crippen molar-refractivity contribution in [3.8, 4) is 11.1 Å². The van der Waals surface area contributed by atoms with Crippen molar-refractivity contribution in [3.05, 3.63) is 114 Å². The molecule has 0 bridgehead atoms. The smallest absolute Gasteiger partial charge is 0.333 e. The standard InChI is InChI=1S/C32H23BN2/c1-20-15-16-28-24(17-20)26-19-21(2)18-25-23-11-8-14-30-31(23)33(35(28)32(25)26)27-12-6-7-13-29(27)34(30)22-9-4-3-5-10-22/h3-19H,1-2H3. The second-order valence-electron chi connectivity index (χ2n) is 9.97. The largest absolute Gasteiger partial charge is 0.375 e. The van der Waals surface area contributed by atoms with Crippen molar-refractivity contribution < 1.29 is 0 Å². The maximum atomic E-state index is 2.62. The third-order valence-electron chi connectivity index (χ3n) is 7.83. The highest BCUT2D eigenvalue weighted by atomic mass is 15.2. The third-order valence-corrected chi connectivity index (χ3v) is 7.83. The lowest BCUT2D eigenvalue weighted by atomic mass is 9.45. The maximum Gasteiger partial charge on any atom is 0.333 e. The Morgan fingerprint density at radius 3 is 2.26 bits per heavy atom. The molecule has 0 N–H and O–H groups in total. The Kier molecular flexibility index (Phi) is 3.64. The molecule has 0 amide bonds. The molecule has 1 aromatic heterocycles. The number of aromatic nitrogens is 1. The molecule has 2 aliphatic rings. The molecule has 0 spiro atoms. The van der Waals surface area contributed by atoms with Crippen molar-refractivity contribution in [2.24, 2.45) is 0 Å². The molecular weight excluding hydrogens is 423 g/mol. The summed E-state index contributed by atoms with van der Waals surface area (Å²) in [5.74, 6) is 0. The number of aryl methyl sites for hydroxylation is 2. The molecule has 0 radical (unpaired) electrons. The predicted octanol–water partition coefficient (Wildman–Crippen LogP) is 6.83. The number of hydrogen-bond donors (Lipinski definition) is 0. The summed E-state index contributed by atoms with van der Waals surface area (Å²) in [4.78, 5) is 2.44. The zero-order valence-electron chi connectivity index (χ0n) is 19.8. The molecule has 3 heterocycles. The maximum absolute atomic E-state index is 2.62. The molecule has 0 unspecified atom stereocenters. The average molecular weight is 446 g/mol. The zero-order chi connectivity index (χ0) is 23.3. The van der Waals surface area contributed by atoms with E-state index in [9.17, 15) is 0 Å². The van der Waals surface area contributed by atoms with Gasteiger partial charge in [0.1, 0.15) is 0 Å². The lowest BCUT2D eigenvalue weighted by Crippen LogP contribution is -2.56. The minimum atomic E-state index is 0.135. The molecule has 0 saturated heterocycles. The Hall–Kier alpha value is -4.24. The molecule has 6 aromatic rings. The van der Waals surface area contributed by atoms with Gasteiger partial charge in [0.05, 0.1) is 0 Å². The summed E-state index contributed by atoms with van der Waals surface area (Å²) < 4.78 is 2.62. The van der Waals surface area contributed by atoms with E-state index in [4.69, 9.17) is 0 Å². The van der Waals surface area contributed by atoms with Crippen LogP contribution in [0, 0.1) is 13.8 Å². The quantitative estimate of drug-likeness (QED) is 0.251. The van der Waals surface area contributed by atoms with Crippen molar-refractivity contribution in [2.75, 3.05) is 4.90 Å². The van der Waals surface area contributed by atoms with Crippen LogP contribution in [-0.4, -0.2) is 11.3 Å². The van der Waals surface area contributed by atoms with Crippen LogP contribution in [0.2, 0.25) is 0 Å². The lowest BCUT2D eigenvalue weighted by molar-refractivity contribution is 1.25. The molecule has 0 saturated carbocycles. The van der Waals surface area contributed by atoms with E-state index in [2.05, 4.69) is 126 Å². The summed E-state index contributed by atoms with van der Waals surface area (Å²) in [5.41, 5.74) is 14.4. The average Bonchev–Trinajstić information content (AvgIpc) is 3.20. The molecule has 5 aromatic carbocycles. The molecular formula is C32H23BN2. The van der Waals surface area contributed by atoms with Gasteiger partial charge in [-0.1, -0.05) is 60.2 Å². The van der Waals surface area contributed by atoms with E-state index in [1.54, 1.807) is 0 Å². The number of nitrogens with zero attached hydrogens (tertiary/aromatic N) is 2. The fraction of sp³-hybridized carbons (Fsp3) is 0.0625. The first-order chi connectivity index (χ1) is 17.2.